The topological polar surface area (TPSA) is 61.2 Å². The molecule has 1 aromatic rings. The average molecular weight is 288 g/mol. The van der Waals surface area contributed by atoms with E-state index in [1.165, 1.54) is 12.8 Å². The summed E-state index contributed by atoms with van der Waals surface area (Å²) >= 11 is 0. The van der Waals surface area contributed by atoms with Gasteiger partial charge in [0.25, 0.3) is 0 Å². The minimum Gasteiger partial charge on any atom is -0.383 e. The maximum Gasteiger partial charge on any atom is 0.144 e. The quantitative estimate of drug-likeness (QED) is 0.769. The predicted octanol–water partition coefficient (Wildman–Crippen LogP) is 1.40. The Morgan fingerprint density at radius 1 is 1.57 bits per heavy atom. The molecule has 0 amide bonds. The molecule has 5 nitrogen and oxygen atoms in total. The Morgan fingerprint density at radius 3 is 3.29 bits per heavy atom. The zero-order chi connectivity index (χ0) is 14.9. The molecule has 1 aromatic heterocycles. The molecular weight excluding hydrogens is 264 g/mol. The van der Waals surface area contributed by atoms with Gasteiger partial charge in [-0.25, -0.2) is 4.98 Å². The number of piperidine rings is 1. The van der Waals surface area contributed by atoms with Crippen LogP contribution in [0.3, 0.4) is 0 Å². The van der Waals surface area contributed by atoms with Gasteiger partial charge in [0.2, 0.25) is 0 Å². The summed E-state index contributed by atoms with van der Waals surface area (Å²) in [5, 5.41) is 12.6. The summed E-state index contributed by atoms with van der Waals surface area (Å²) in [6.07, 6.45) is 4.17. The van der Waals surface area contributed by atoms with Crippen LogP contribution in [0.2, 0.25) is 0 Å². The Labute approximate surface area is 126 Å². The van der Waals surface area contributed by atoms with Crippen molar-refractivity contribution in [2.45, 2.75) is 19.4 Å². The molecule has 2 heterocycles. The minimum atomic E-state index is 0.554. The number of hydrogen-bond acceptors (Lipinski definition) is 5. The molecule has 1 N–H and O–H groups in total. The highest BCUT2D eigenvalue weighted by Gasteiger charge is 2.20. The first-order chi connectivity index (χ1) is 10.3. The highest BCUT2D eigenvalue weighted by Crippen LogP contribution is 2.18. The smallest absolute Gasteiger partial charge is 0.144 e. The SMILES string of the molecule is COCCNCC1CCCN(Cc2cccnc2C#N)C1. The first kappa shape index (κ1) is 15.9. The van der Waals surface area contributed by atoms with Crippen molar-refractivity contribution in [2.24, 2.45) is 5.92 Å². The second kappa shape index (κ2) is 8.73. The van der Waals surface area contributed by atoms with Gasteiger partial charge in [-0.2, -0.15) is 5.26 Å². The summed E-state index contributed by atoms with van der Waals surface area (Å²) in [5.41, 5.74) is 1.59. The van der Waals surface area contributed by atoms with Crippen molar-refractivity contribution < 1.29 is 4.74 Å². The van der Waals surface area contributed by atoms with E-state index in [9.17, 15) is 0 Å². The van der Waals surface area contributed by atoms with E-state index in [1.54, 1.807) is 13.3 Å². The molecule has 1 unspecified atom stereocenters. The number of likely N-dealkylation sites (tertiary alicyclic amines) is 1. The molecule has 0 spiro atoms. The number of aromatic nitrogens is 1. The zero-order valence-corrected chi connectivity index (χ0v) is 12.7. The van der Waals surface area contributed by atoms with Gasteiger partial charge in [-0.05, 0) is 37.9 Å². The summed E-state index contributed by atoms with van der Waals surface area (Å²) in [4.78, 5) is 6.57. The number of pyridine rings is 1. The van der Waals surface area contributed by atoms with Crippen LogP contribution in [0.1, 0.15) is 24.1 Å². The Bertz CT molecular complexity index is 472. The van der Waals surface area contributed by atoms with Crippen molar-refractivity contribution in [3.05, 3.63) is 29.6 Å². The molecule has 114 valence electrons. The van der Waals surface area contributed by atoms with E-state index in [1.807, 2.05) is 12.1 Å². The summed E-state index contributed by atoms with van der Waals surface area (Å²) in [5.74, 6) is 0.679. The van der Waals surface area contributed by atoms with Crippen molar-refractivity contribution in [3.8, 4) is 6.07 Å². The van der Waals surface area contributed by atoms with Gasteiger partial charge in [0.1, 0.15) is 11.8 Å². The molecule has 1 aliphatic rings. The van der Waals surface area contributed by atoms with Crippen LogP contribution in [-0.2, 0) is 11.3 Å². The van der Waals surface area contributed by atoms with Gasteiger partial charge in [-0.1, -0.05) is 6.07 Å². The highest BCUT2D eigenvalue weighted by molar-refractivity contribution is 5.30. The minimum absolute atomic E-state index is 0.554. The van der Waals surface area contributed by atoms with E-state index in [2.05, 4.69) is 21.3 Å². The fraction of sp³-hybridized carbons (Fsp3) is 0.625. The van der Waals surface area contributed by atoms with E-state index < -0.39 is 0 Å². The van der Waals surface area contributed by atoms with Gasteiger partial charge in [0.05, 0.1) is 6.61 Å². The first-order valence-electron chi connectivity index (χ1n) is 7.59. The third-order valence-electron chi connectivity index (χ3n) is 3.91. The zero-order valence-electron chi connectivity index (χ0n) is 12.7. The number of rotatable bonds is 7. The maximum absolute atomic E-state index is 9.11. The fourth-order valence-corrected chi connectivity index (χ4v) is 2.85. The largest absolute Gasteiger partial charge is 0.383 e. The Morgan fingerprint density at radius 2 is 2.48 bits per heavy atom. The standard InChI is InChI=1S/C16H24N4O/c1-21-9-7-18-11-14-4-3-8-20(12-14)13-15-5-2-6-19-16(15)10-17/h2,5-6,14,18H,3-4,7-9,11-13H2,1H3. The predicted molar refractivity (Wildman–Crippen MR) is 81.7 cm³/mol. The van der Waals surface area contributed by atoms with Crippen LogP contribution in [0.5, 0.6) is 0 Å². The van der Waals surface area contributed by atoms with Crippen LogP contribution in [0, 0.1) is 17.2 Å². The molecule has 21 heavy (non-hydrogen) atoms. The van der Waals surface area contributed by atoms with Gasteiger partial charge in [-0.3, -0.25) is 4.90 Å². The molecule has 0 aliphatic carbocycles. The Hall–Kier alpha value is -1.48. The molecular formula is C16H24N4O. The van der Waals surface area contributed by atoms with E-state index in [4.69, 9.17) is 10.00 Å². The van der Waals surface area contributed by atoms with Crippen molar-refractivity contribution in [2.75, 3.05) is 39.9 Å². The van der Waals surface area contributed by atoms with Crippen LogP contribution >= 0.6 is 0 Å². The normalized spacial score (nSPS) is 19.3. The molecule has 1 fully saturated rings. The second-order valence-corrected chi connectivity index (χ2v) is 5.56. The van der Waals surface area contributed by atoms with Crippen LogP contribution in [0.15, 0.2) is 18.3 Å². The number of methoxy groups -OCH3 is 1. The summed E-state index contributed by atoms with van der Waals surface area (Å²) in [7, 11) is 1.73. The van der Waals surface area contributed by atoms with Gasteiger partial charge in [-0.15, -0.1) is 0 Å². The monoisotopic (exact) mass is 288 g/mol. The lowest BCUT2D eigenvalue weighted by atomic mass is 9.97. The van der Waals surface area contributed by atoms with Crippen LogP contribution in [-0.4, -0.2) is 49.8 Å². The fourth-order valence-electron chi connectivity index (χ4n) is 2.85. The summed E-state index contributed by atoms with van der Waals surface area (Å²) in [6.45, 7) is 5.73. The van der Waals surface area contributed by atoms with Gasteiger partial charge in [0.15, 0.2) is 0 Å². The van der Waals surface area contributed by atoms with Gasteiger partial charge >= 0.3 is 0 Å². The molecule has 1 saturated heterocycles. The van der Waals surface area contributed by atoms with Crippen LogP contribution in [0.25, 0.3) is 0 Å². The van der Waals surface area contributed by atoms with Crippen molar-refractivity contribution in [1.29, 1.82) is 5.26 Å². The van der Waals surface area contributed by atoms with Gasteiger partial charge in [0, 0.05) is 38.5 Å². The summed E-state index contributed by atoms with van der Waals surface area (Å²) < 4.78 is 5.05. The molecule has 0 radical (unpaired) electrons. The van der Waals surface area contributed by atoms with Crippen LogP contribution < -0.4 is 5.32 Å². The van der Waals surface area contributed by atoms with Gasteiger partial charge < -0.3 is 10.1 Å². The number of hydrogen-bond donors (Lipinski definition) is 1. The van der Waals surface area contributed by atoms with Crippen molar-refractivity contribution in [1.82, 2.24) is 15.2 Å². The first-order valence-corrected chi connectivity index (χ1v) is 7.59. The third kappa shape index (κ3) is 5.09. The Balaban J connectivity index is 1.82. The van der Waals surface area contributed by atoms with E-state index in [-0.39, 0.29) is 0 Å². The third-order valence-corrected chi connectivity index (χ3v) is 3.91. The number of ether oxygens (including phenoxy) is 1. The highest BCUT2D eigenvalue weighted by atomic mass is 16.5. The molecule has 2 rings (SSSR count). The lowest BCUT2D eigenvalue weighted by molar-refractivity contribution is 0.159. The molecule has 0 aromatic carbocycles. The second-order valence-electron chi connectivity index (χ2n) is 5.56. The molecule has 1 atom stereocenters. The van der Waals surface area contributed by atoms with Crippen LogP contribution in [0.4, 0.5) is 0 Å². The average Bonchev–Trinajstić information content (AvgIpc) is 2.52. The van der Waals surface area contributed by atoms with E-state index in [0.29, 0.717) is 11.6 Å². The van der Waals surface area contributed by atoms with Crippen molar-refractivity contribution >= 4 is 0 Å². The number of nitrogens with one attached hydrogen (secondary N) is 1. The van der Waals surface area contributed by atoms with E-state index >= 15 is 0 Å². The number of nitriles is 1. The lowest BCUT2D eigenvalue weighted by Crippen LogP contribution is -2.39. The number of nitrogens with zero attached hydrogens (tertiary/aromatic N) is 3. The summed E-state index contributed by atoms with van der Waals surface area (Å²) in [6, 6.07) is 6.09. The molecule has 5 heteroatoms. The molecule has 0 saturated carbocycles. The lowest BCUT2D eigenvalue weighted by Gasteiger charge is -2.33. The van der Waals surface area contributed by atoms with Crippen molar-refractivity contribution in [3.63, 3.8) is 0 Å². The molecule has 1 aliphatic heterocycles. The Kier molecular flexibility index (Phi) is 6.61. The maximum atomic E-state index is 9.11. The van der Waals surface area contributed by atoms with E-state index in [0.717, 1.165) is 44.9 Å². The molecule has 0 bridgehead atoms.